The zero-order valence-corrected chi connectivity index (χ0v) is 11.5. The van der Waals surface area contributed by atoms with Crippen molar-refractivity contribution < 1.29 is 4.79 Å². The molecule has 6 nitrogen and oxygen atoms in total. The minimum atomic E-state index is -0.0673. The number of aryl methyl sites for hydroxylation is 1. The highest BCUT2D eigenvalue weighted by Gasteiger charge is 2.30. The van der Waals surface area contributed by atoms with Gasteiger partial charge >= 0.3 is 0 Å². The summed E-state index contributed by atoms with van der Waals surface area (Å²) in [6, 6.07) is -0.0673. The average molecular weight is 263 g/mol. The summed E-state index contributed by atoms with van der Waals surface area (Å²) in [5.74, 6) is 2.59. The van der Waals surface area contributed by atoms with Gasteiger partial charge in [-0.1, -0.05) is 6.92 Å². The molecule has 1 aromatic rings. The lowest BCUT2D eigenvalue weighted by Gasteiger charge is -2.32. The molecule has 19 heavy (non-hydrogen) atoms. The Balaban J connectivity index is 1.64. The smallest absolute Gasteiger partial charge is 0.223 e. The molecule has 3 rings (SSSR count). The van der Waals surface area contributed by atoms with E-state index in [0.717, 1.165) is 44.1 Å². The van der Waals surface area contributed by atoms with E-state index in [4.69, 9.17) is 0 Å². The number of nitrogens with one attached hydrogen (secondary N) is 2. The molecule has 0 saturated carbocycles. The maximum absolute atomic E-state index is 12.2. The van der Waals surface area contributed by atoms with E-state index in [1.807, 2.05) is 13.8 Å². The highest BCUT2D eigenvalue weighted by molar-refractivity contribution is 5.79. The number of nitrogens with zero attached hydrogens (tertiary/aromatic N) is 3. The fourth-order valence-corrected chi connectivity index (χ4v) is 2.78. The van der Waals surface area contributed by atoms with Gasteiger partial charge in [-0.05, 0) is 32.4 Å². The number of carbonyl (C=O) groups excluding carboxylic acids is 1. The Morgan fingerprint density at radius 2 is 2.21 bits per heavy atom. The SMILES string of the molecule is CC(NC(=O)C(C)C1CNC1)c1nnc2n1CCC2. The van der Waals surface area contributed by atoms with Crippen molar-refractivity contribution in [1.29, 1.82) is 0 Å². The molecule has 1 saturated heterocycles. The third kappa shape index (κ3) is 2.25. The van der Waals surface area contributed by atoms with E-state index < -0.39 is 0 Å². The molecule has 6 heteroatoms. The second-order valence-electron chi connectivity index (χ2n) is 5.67. The van der Waals surface area contributed by atoms with Crippen molar-refractivity contribution in [2.24, 2.45) is 11.8 Å². The van der Waals surface area contributed by atoms with E-state index >= 15 is 0 Å². The summed E-state index contributed by atoms with van der Waals surface area (Å²) in [5, 5.41) is 14.7. The van der Waals surface area contributed by atoms with Crippen molar-refractivity contribution in [2.45, 2.75) is 39.3 Å². The fraction of sp³-hybridized carbons (Fsp3) is 0.769. The topological polar surface area (TPSA) is 71.8 Å². The quantitative estimate of drug-likeness (QED) is 0.817. The van der Waals surface area contributed by atoms with E-state index in [1.165, 1.54) is 0 Å². The lowest BCUT2D eigenvalue weighted by Crippen LogP contribution is -2.50. The van der Waals surface area contributed by atoms with Gasteiger partial charge in [-0.25, -0.2) is 0 Å². The Morgan fingerprint density at radius 1 is 1.42 bits per heavy atom. The van der Waals surface area contributed by atoms with Crippen molar-refractivity contribution in [1.82, 2.24) is 25.4 Å². The normalized spacial score (nSPS) is 21.6. The monoisotopic (exact) mass is 263 g/mol. The molecule has 1 fully saturated rings. The average Bonchev–Trinajstić information content (AvgIpc) is 2.87. The molecule has 0 bridgehead atoms. The van der Waals surface area contributed by atoms with Crippen LogP contribution in [-0.4, -0.2) is 33.8 Å². The summed E-state index contributed by atoms with van der Waals surface area (Å²) in [5.41, 5.74) is 0. The second kappa shape index (κ2) is 4.92. The molecule has 2 aliphatic heterocycles. The van der Waals surface area contributed by atoms with Crippen LogP contribution in [-0.2, 0) is 17.8 Å². The molecule has 2 atom stereocenters. The van der Waals surface area contributed by atoms with Gasteiger partial charge in [0.05, 0.1) is 6.04 Å². The molecular weight excluding hydrogens is 242 g/mol. The maximum Gasteiger partial charge on any atom is 0.223 e. The Morgan fingerprint density at radius 3 is 2.89 bits per heavy atom. The van der Waals surface area contributed by atoms with Crippen LogP contribution < -0.4 is 10.6 Å². The van der Waals surface area contributed by atoms with E-state index in [-0.39, 0.29) is 17.9 Å². The first-order chi connectivity index (χ1) is 9.16. The largest absolute Gasteiger partial charge is 0.346 e. The molecule has 2 aliphatic rings. The number of fused-ring (bicyclic) bond motifs is 1. The van der Waals surface area contributed by atoms with Crippen molar-refractivity contribution in [3.63, 3.8) is 0 Å². The van der Waals surface area contributed by atoms with Gasteiger partial charge in [0, 0.05) is 18.9 Å². The molecule has 0 aromatic carbocycles. The summed E-state index contributed by atoms with van der Waals surface area (Å²) in [7, 11) is 0. The van der Waals surface area contributed by atoms with Gasteiger partial charge in [0.15, 0.2) is 5.82 Å². The first-order valence-electron chi connectivity index (χ1n) is 7.10. The fourth-order valence-electron chi connectivity index (χ4n) is 2.78. The molecule has 1 aromatic heterocycles. The van der Waals surface area contributed by atoms with E-state index in [1.54, 1.807) is 0 Å². The Hall–Kier alpha value is -1.43. The Bertz CT molecular complexity index is 479. The van der Waals surface area contributed by atoms with Crippen LogP contribution in [0.15, 0.2) is 0 Å². The van der Waals surface area contributed by atoms with Crippen LogP contribution >= 0.6 is 0 Å². The van der Waals surface area contributed by atoms with Crippen molar-refractivity contribution in [2.75, 3.05) is 13.1 Å². The van der Waals surface area contributed by atoms with Gasteiger partial charge in [0.25, 0.3) is 0 Å². The summed E-state index contributed by atoms with van der Waals surface area (Å²) in [6.45, 7) is 6.85. The minimum Gasteiger partial charge on any atom is -0.346 e. The van der Waals surface area contributed by atoms with Crippen molar-refractivity contribution in [3.05, 3.63) is 11.6 Å². The summed E-state index contributed by atoms with van der Waals surface area (Å²) in [4.78, 5) is 12.2. The molecule has 1 amide bonds. The van der Waals surface area contributed by atoms with Crippen LogP contribution in [0, 0.1) is 11.8 Å². The number of rotatable bonds is 4. The minimum absolute atomic E-state index is 0.0599. The third-order valence-electron chi connectivity index (χ3n) is 4.32. The van der Waals surface area contributed by atoms with Crippen LogP contribution in [0.5, 0.6) is 0 Å². The molecule has 0 radical (unpaired) electrons. The number of hydrogen-bond acceptors (Lipinski definition) is 4. The van der Waals surface area contributed by atoms with Crippen LogP contribution in [0.3, 0.4) is 0 Å². The van der Waals surface area contributed by atoms with Crippen LogP contribution in [0.4, 0.5) is 0 Å². The predicted molar refractivity (Wildman–Crippen MR) is 70.4 cm³/mol. The Kier molecular flexibility index (Phi) is 3.26. The number of amides is 1. The van der Waals surface area contributed by atoms with E-state index in [0.29, 0.717) is 5.92 Å². The standard InChI is InChI=1S/C13H21N5O/c1-8(10-6-14-7-10)13(19)15-9(2)12-17-16-11-4-3-5-18(11)12/h8-10,14H,3-7H2,1-2H3,(H,15,19). The molecule has 0 spiro atoms. The molecule has 2 N–H and O–H groups in total. The zero-order valence-electron chi connectivity index (χ0n) is 11.5. The molecule has 3 heterocycles. The van der Waals surface area contributed by atoms with Gasteiger partial charge in [-0.2, -0.15) is 0 Å². The van der Waals surface area contributed by atoms with E-state index in [9.17, 15) is 4.79 Å². The summed E-state index contributed by atoms with van der Waals surface area (Å²) in [6.07, 6.45) is 2.13. The van der Waals surface area contributed by atoms with Crippen molar-refractivity contribution >= 4 is 5.91 Å². The van der Waals surface area contributed by atoms with Crippen molar-refractivity contribution in [3.8, 4) is 0 Å². The number of aromatic nitrogens is 3. The van der Waals surface area contributed by atoms with Gasteiger partial charge < -0.3 is 15.2 Å². The maximum atomic E-state index is 12.2. The van der Waals surface area contributed by atoms with Crippen LogP contribution in [0.25, 0.3) is 0 Å². The van der Waals surface area contributed by atoms with Gasteiger partial charge in [0.2, 0.25) is 5.91 Å². The van der Waals surface area contributed by atoms with Gasteiger partial charge in [0.1, 0.15) is 5.82 Å². The Labute approximate surface area is 113 Å². The number of carbonyl (C=O) groups is 1. The first-order valence-corrected chi connectivity index (χ1v) is 7.10. The third-order valence-corrected chi connectivity index (χ3v) is 4.32. The summed E-state index contributed by atoms with van der Waals surface area (Å²) < 4.78 is 2.14. The highest BCUT2D eigenvalue weighted by Crippen LogP contribution is 2.21. The van der Waals surface area contributed by atoms with Crippen LogP contribution in [0.1, 0.15) is 38.0 Å². The summed E-state index contributed by atoms with van der Waals surface area (Å²) >= 11 is 0. The first kappa shape index (κ1) is 12.6. The lowest BCUT2D eigenvalue weighted by molar-refractivity contribution is -0.127. The number of hydrogen-bond donors (Lipinski definition) is 2. The van der Waals surface area contributed by atoms with Gasteiger partial charge in [-0.15, -0.1) is 10.2 Å². The lowest BCUT2D eigenvalue weighted by atomic mass is 9.88. The van der Waals surface area contributed by atoms with Crippen LogP contribution in [0.2, 0.25) is 0 Å². The molecule has 0 aliphatic carbocycles. The molecule has 104 valence electrons. The van der Waals surface area contributed by atoms with Gasteiger partial charge in [-0.3, -0.25) is 4.79 Å². The molecular formula is C13H21N5O. The highest BCUT2D eigenvalue weighted by atomic mass is 16.2. The zero-order chi connectivity index (χ0) is 13.4. The molecule has 2 unspecified atom stereocenters. The predicted octanol–water partition coefficient (Wildman–Crippen LogP) is 0.257. The second-order valence-corrected chi connectivity index (χ2v) is 5.67. The van der Waals surface area contributed by atoms with E-state index in [2.05, 4.69) is 25.4 Å².